The fourth-order valence-corrected chi connectivity index (χ4v) is 5.13. The average Bonchev–Trinajstić information content (AvgIpc) is 3.19. The molecular formula is C20H33ClN6O4S. The molecule has 0 unspecified atom stereocenters. The number of halogens is 1. The molecule has 4 atom stereocenters. The van der Waals surface area contributed by atoms with E-state index >= 15 is 0 Å². The Bertz CT molecular complexity index is 859. The minimum absolute atomic E-state index is 0.160. The molecule has 12 heteroatoms. The summed E-state index contributed by atoms with van der Waals surface area (Å²) >= 11 is 7.06. The van der Waals surface area contributed by atoms with E-state index < -0.39 is 22.5 Å². The predicted octanol–water partition coefficient (Wildman–Crippen LogP) is 4.95. The van der Waals surface area contributed by atoms with E-state index in [1.165, 1.54) is 11.5 Å². The Morgan fingerprint density at radius 1 is 1.31 bits per heavy atom. The number of hydrogen-bond acceptors (Lipinski definition) is 9. The molecule has 2 saturated heterocycles. The van der Waals surface area contributed by atoms with Gasteiger partial charge in [-0.05, 0) is 58.2 Å². The van der Waals surface area contributed by atoms with Crippen LogP contribution in [0, 0.1) is 0 Å². The van der Waals surface area contributed by atoms with Gasteiger partial charge in [-0.15, -0.1) is 0 Å². The molecule has 1 aromatic heterocycles. The molecule has 32 heavy (non-hydrogen) atoms. The molecule has 1 aromatic rings. The summed E-state index contributed by atoms with van der Waals surface area (Å²) in [6, 6.07) is -0.160. The number of azide groups is 1. The van der Waals surface area contributed by atoms with Crippen molar-refractivity contribution in [3.63, 3.8) is 0 Å². The van der Waals surface area contributed by atoms with Crippen molar-refractivity contribution < 1.29 is 18.9 Å². The standard InChI is InChI=1S/C20H33ClN6O4S/c1-17(2,26-27-22)8-9-28-18(3,4)11-20(7)14-13(30-19(5,6)31-14)12(10-29-20)23-16-24-15(21)25-32-16/h12-14H,8-11H2,1-7H3,(H,23,24,25)/t12-,13+,14+,20+/m0/s1. The third-order valence-corrected chi connectivity index (χ3v) is 6.64. The van der Waals surface area contributed by atoms with Crippen LogP contribution in [-0.2, 0) is 18.9 Å². The van der Waals surface area contributed by atoms with Gasteiger partial charge in [-0.2, -0.15) is 9.36 Å². The minimum atomic E-state index is -0.743. The van der Waals surface area contributed by atoms with E-state index in [0.29, 0.717) is 31.2 Å². The molecule has 0 saturated carbocycles. The molecule has 0 bridgehead atoms. The highest BCUT2D eigenvalue weighted by atomic mass is 35.5. The van der Waals surface area contributed by atoms with Crippen LogP contribution in [-0.4, -0.2) is 63.3 Å². The molecule has 180 valence electrons. The zero-order valence-corrected chi connectivity index (χ0v) is 21.3. The van der Waals surface area contributed by atoms with Gasteiger partial charge in [0, 0.05) is 35.0 Å². The maximum Gasteiger partial charge on any atom is 0.236 e. The molecule has 2 aliphatic heterocycles. The van der Waals surface area contributed by atoms with Crippen molar-refractivity contribution in [2.45, 2.75) is 102 Å². The van der Waals surface area contributed by atoms with E-state index in [4.69, 9.17) is 36.1 Å². The molecule has 3 heterocycles. The van der Waals surface area contributed by atoms with E-state index in [1.54, 1.807) is 0 Å². The first-order valence-corrected chi connectivity index (χ1v) is 11.8. The Morgan fingerprint density at radius 2 is 2.03 bits per heavy atom. The molecule has 0 spiro atoms. The zero-order chi connectivity index (χ0) is 23.8. The fourth-order valence-electron chi connectivity index (χ4n) is 4.36. The maximum absolute atomic E-state index is 8.71. The summed E-state index contributed by atoms with van der Waals surface area (Å²) in [6.07, 6.45) is 0.661. The van der Waals surface area contributed by atoms with Crippen molar-refractivity contribution >= 4 is 28.3 Å². The Kier molecular flexibility index (Phi) is 7.32. The Labute approximate surface area is 198 Å². The van der Waals surface area contributed by atoms with E-state index in [0.717, 1.165) is 0 Å². The van der Waals surface area contributed by atoms with Crippen molar-refractivity contribution in [3.8, 4) is 0 Å². The molecule has 10 nitrogen and oxygen atoms in total. The quantitative estimate of drug-likeness (QED) is 0.296. The number of hydrogen-bond donors (Lipinski definition) is 1. The molecule has 0 radical (unpaired) electrons. The normalized spacial score (nSPS) is 29.9. The minimum Gasteiger partial charge on any atom is -0.375 e. The first-order valence-electron chi connectivity index (χ1n) is 10.7. The first kappa shape index (κ1) is 25.4. The molecule has 3 rings (SSSR count). The van der Waals surface area contributed by atoms with Crippen LogP contribution in [0.1, 0.15) is 61.3 Å². The van der Waals surface area contributed by atoms with Crippen molar-refractivity contribution in [2.24, 2.45) is 5.11 Å². The summed E-state index contributed by atoms with van der Waals surface area (Å²) in [5, 5.41) is 7.98. The molecule has 2 fully saturated rings. The monoisotopic (exact) mass is 488 g/mol. The van der Waals surface area contributed by atoms with Gasteiger partial charge in [0.25, 0.3) is 0 Å². The van der Waals surface area contributed by atoms with Gasteiger partial charge in [-0.3, -0.25) is 0 Å². The van der Waals surface area contributed by atoms with Crippen molar-refractivity contribution in [1.82, 2.24) is 9.36 Å². The topological polar surface area (TPSA) is 123 Å². The Hall–Kier alpha value is -1.20. The van der Waals surface area contributed by atoms with E-state index in [9.17, 15) is 0 Å². The summed E-state index contributed by atoms with van der Waals surface area (Å²) in [6.45, 7) is 14.6. The lowest BCUT2D eigenvalue weighted by molar-refractivity contribution is -0.201. The second kappa shape index (κ2) is 9.21. The highest BCUT2D eigenvalue weighted by Gasteiger charge is 2.58. The summed E-state index contributed by atoms with van der Waals surface area (Å²) < 4.78 is 29.2. The van der Waals surface area contributed by atoms with Gasteiger partial charge in [0.05, 0.1) is 23.9 Å². The van der Waals surface area contributed by atoms with E-state index in [-0.39, 0.29) is 23.5 Å². The van der Waals surface area contributed by atoms with Gasteiger partial charge in [0.2, 0.25) is 10.4 Å². The molecule has 0 aliphatic carbocycles. The number of anilines is 1. The van der Waals surface area contributed by atoms with Gasteiger partial charge in [-0.25, -0.2) is 0 Å². The van der Waals surface area contributed by atoms with Crippen LogP contribution in [0.15, 0.2) is 5.11 Å². The molecule has 0 amide bonds. The third-order valence-electron chi connectivity index (χ3n) is 5.73. The number of nitrogens with zero attached hydrogens (tertiary/aromatic N) is 5. The molecule has 1 N–H and O–H groups in total. The summed E-state index contributed by atoms with van der Waals surface area (Å²) in [4.78, 5) is 7.09. The first-order chi connectivity index (χ1) is 14.7. The lowest BCUT2D eigenvalue weighted by Crippen LogP contribution is -2.61. The highest BCUT2D eigenvalue weighted by molar-refractivity contribution is 7.09. The zero-order valence-electron chi connectivity index (χ0n) is 19.7. The maximum atomic E-state index is 8.71. The Morgan fingerprint density at radius 3 is 2.66 bits per heavy atom. The summed E-state index contributed by atoms with van der Waals surface area (Å²) in [7, 11) is 0. The van der Waals surface area contributed by atoms with Gasteiger partial charge in [0.1, 0.15) is 12.2 Å². The average molecular weight is 489 g/mol. The van der Waals surface area contributed by atoms with Crippen LogP contribution >= 0.6 is 23.1 Å². The SMILES string of the molecule is CC(C)(CCOC(C)(C)C[C@@]1(C)OC[C@H](Nc2nc(Cl)ns2)[C@H]2OC(C)(C)O[C@H]21)N=[N+]=[N-]. The van der Waals surface area contributed by atoms with E-state index in [2.05, 4.69) is 24.7 Å². The van der Waals surface area contributed by atoms with Crippen molar-refractivity contribution in [3.05, 3.63) is 15.7 Å². The second-order valence-corrected chi connectivity index (χ2v) is 11.4. The Balaban J connectivity index is 1.69. The van der Waals surface area contributed by atoms with Crippen LogP contribution in [0.4, 0.5) is 5.13 Å². The van der Waals surface area contributed by atoms with E-state index in [1.807, 2.05) is 48.5 Å². The smallest absolute Gasteiger partial charge is 0.236 e. The molecular weight excluding hydrogens is 456 g/mol. The molecule has 2 aliphatic rings. The number of rotatable bonds is 9. The highest BCUT2D eigenvalue weighted by Crippen LogP contribution is 2.44. The van der Waals surface area contributed by atoms with Crippen LogP contribution in [0.25, 0.3) is 10.4 Å². The number of fused-ring (bicyclic) bond motifs is 1. The van der Waals surface area contributed by atoms with Crippen LogP contribution in [0.3, 0.4) is 0 Å². The second-order valence-electron chi connectivity index (χ2n) is 10.3. The summed E-state index contributed by atoms with van der Waals surface area (Å²) in [5.41, 5.74) is 7.10. The van der Waals surface area contributed by atoms with Crippen molar-refractivity contribution in [2.75, 3.05) is 18.5 Å². The lowest BCUT2D eigenvalue weighted by atomic mass is 9.80. The largest absolute Gasteiger partial charge is 0.375 e. The number of aromatic nitrogens is 2. The fraction of sp³-hybridized carbons (Fsp3) is 0.900. The van der Waals surface area contributed by atoms with Gasteiger partial charge < -0.3 is 24.3 Å². The van der Waals surface area contributed by atoms with Crippen LogP contribution in [0.2, 0.25) is 5.28 Å². The summed E-state index contributed by atoms with van der Waals surface area (Å²) in [5.74, 6) is -0.743. The van der Waals surface area contributed by atoms with Gasteiger partial charge >= 0.3 is 0 Å². The van der Waals surface area contributed by atoms with Gasteiger partial charge in [-0.1, -0.05) is 19.0 Å². The van der Waals surface area contributed by atoms with Gasteiger partial charge in [0.15, 0.2) is 5.79 Å². The van der Waals surface area contributed by atoms with Crippen LogP contribution < -0.4 is 5.32 Å². The van der Waals surface area contributed by atoms with Crippen molar-refractivity contribution in [1.29, 1.82) is 0 Å². The number of ether oxygens (including phenoxy) is 4. The molecule has 0 aromatic carbocycles. The lowest BCUT2D eigenvalue weighted by Gasteiger charge is -2.47. The number of nitrogens with one attached hydrogen (secondary N) is 1. The third kappa shape index (κ3) is 6.22. The van der Waals surface area contributed by atoms with Crippen LogP contribution in [0.5, 0.6) is 0 Å². The predicted molar refractivity (Wildman–Crippen MR) is 123 cm³/mol.